The lowest BCUT2D eigenvalue weighted by Gasteiger charge is -2.34. The monoisotopic (exact) mass is 470 g/mol. The van der Waals surface area contributed by atoms with Gasteiger partial charge in [0.05, 0.1) is 5.41 Å². The fourth-order valence-corrected chi connectivity index (χ4v) is 6.21. The molecule has 0 heterocycles. The normalized spacial score (nSPS) is 13.1. The Labute approximate surface area is 218 Å². The van der Waals surface area contributed by atoms with Crippen LogP contribution >= 0.6 is 0 Å². The van der Waals surface area contributed by atoms with Crippen molar-refractivity contribution in [1.29, 1.82) is 0 Å². The van der Waals surface area contributed by atoms with Crippen LogP contribution in [0.25, 0.3) is 33.4 Å². The van der Waals surface area contributed by atoms with Crippen molar-refractivity contribution in [1.82, 2.24) is 0 Å². The molecule has 0 bridgehead atoms. The average molecular weight is 471 g/mol. The number of hydrogen-bond acceptors (Lipinski definition) is 0. The molecule has 7 rings (SSSR count). The molecule has 6 aromatic carbocycles. The van der Waals surface area contributed by atoms with Crippen LogP contribution in [0.15, 0.2) is 158 Å². The zero-order chi connectivity index (χ0) is 24.7. The fraction of sp³-hybridized carbons (Fsp3) is 0.0270. The molecule has 0 radical (unpaired) electrons. The van der Waals surface area contributed by atoms with Gasteiger partial charge in [-0.15, -0.1) is 0 Å². The van der Waals surface area contributed by atoms with E-state index in [0.29, 0.717) is 0 Å². The zero-order valence-electron chi connectivity index (χ0n) is 20.5. The van der Waals surface area contributed by atoms with Crippen molar-refractivity contribution in [2.24, 2.45) is 0 Å². The van der Waals surface area contributed by atoms with Gasteiger partial charge in [0.15, 0.2) is 0 Å². The largest absolute Gasteiger partial charge is 0.0714 e. The summed E-state index contributed by atoms with van der Waals surface area (Å²) in [4.78, 5) is 0. The molecule has 0 fully saturated rings. The Bertz CT molecular complexity index is 1640. The van der Waals surface area contributed by atoms with E-state index in [-0.39, 0.29) is 0 Å². The van der Waals surface area contributed by atoms with Crippen molar-refractivity contribution < 1.29 is 0 Å². The maximum atomic E-state index is 2.43. The highest BCUT2D eigenvalue weighted by molar-refractivity contribution is 5.96. The smallest absolute Gasteiger partial charge is 0.0622 e. The van der Waals surface area contributed by atoms with Crippen LogP contribution in [0.4, 0.5) is 0 Å². The Hall–Kier alpha value is -4.68. The van der Waals surface area contributed by atoms with Gasteiger partial charge in [0, 0.05) is 0 Å². The lowest BCUT2D eigenvalue weighted by molar-refractivity contribution is 0.769. The first-order chi connectivity index (χ1) is 18.4. The molecule has 0 unspecified atom stereocenters. The quantitative estimate of drug-likeness (QED) is 0.240. The summed E-state index contributed by atoms with van der Waals surface area (Å²) in [6.07, 6.45) is 0. The topological polar surface area (TPSA) is 0 Å². The SMILES string of the molecule is c1ccc(-c2ccc3c(c2)C(c2ccccc2)(c2ccccc2)c2cccc(-c4ccccc4)c2-3)cc1. The van der Waals surface area contributed by atoms with Crippen LogP contribution < -0.4 is 0 Å². The first kappa shape index (κ1) is 21.6. The van der Waals surface area contributed by atoms with E-state index in [1.165, 1.54) is 55.6 Å². The van der Waals surface area contributed by atoms with Gasteiger partial charge in [0.25, 0.3) is 0 Å². The summed E-state index contributed by atoms with van der Waals surface area (Å²) in [6.45, 7) is 0. The van der Waals surface area contributed by atoms with Gasteiger partial charge in [0.2, 0.25) is 0 Å². The number of rotatable bonds is 4. The predicted octanol–water partition coefficient (Wildman–Crippen LogP) is 9.38. The summed E-state index contributed by atoms with van der Waals surface area (Å²) < 4.78 is 0. The van der Waals surface area contributed by atoms with Crippen LogP contribution in [-0.4, -0.2) is 0 Å². The molecule has 37 heavy (non-hydrogen) atoms. The van der Waals surface area contributed by atoms with Gasteiger partial charge >= 0.3 is 0 Å². The van der Waals surface area contributed by atoms with Gasteiger partial charge in [-0.25, -0.2) is 0 Å². The van der Waals surface area contributed by atoms with Crippen molar-refractivity contribution >= 4 is 0 Å². The van der Waals surface area contributed by atoms with Gasteiger partial charge < -0.3 is 0 Å². The molecule has 0 heteroatoms. The summed E-state index contributed by atoms with van der Waals surface area (Å²) in [6, 6.07) is 57.4. The minimum absolute atomic E-state index is 0.414. The molecule has 0 N–H and O–H groups in total. The van der Waals surface area contributed by atoms with Crippen LogP contribution in [0, 0.1) is 0 Å². The van der Waals surface area contributed by atoms with Crippen LogP contribution in [0.5, 0.6) is 0 Å². The Kier molecular flexibility index (Phi) is 5.11. The second-order valence-corrected chi connectivity index (χ2v) is 9.70. The maximum absolute atomic E-state index is 2.43. The Morgan fingerprint density at radius 1 is 0.324 bits per heavy atom. The van der Waals surface area contributed by atoms with E-state index in [1.807, 2.05) is 0 Å². The summed E-state index contributed by atoms with van der Waals surface area (Å²) >= 11 is 0. The lowest BCUT2D eigenvalue weighted by atomic mass is 9.67. The van der Waals surface area contributed by atoms with E-state index in [0.717, 1.165) is 0 Å². The third kappa shape index (κ3) is 3.30. The van der Waals surface area contributed by atoms with Crippen LogP contribution in [0.2, 0.25) is 0 Å². The van der Waals surface area contributed by atoms with Crippen LogP contribution in [-0.2, 0) is 5.41 Å². The molecule has 1 aliphatic carbocycles. The minimum atomic E-state index is -0.414. The van der Waals surface area contributed by atoms with Gasteiger partial charge in [0.1, 0.15) is 0 Å². The number of fused-ring (bicyclic) bond motifs is 3. The molecule has 0 aliphatic heterocycles. The van der Waals surface area contributed by atoms with Gasteiger partial charge in [-0.2, -0.15) is 0 Å². The molecule has 6 aromatic rings. The summed E-state index contributed by atoms with van der Waals surface area (Å²) in [5.41, 5.74) is 12.5. The van der Waals surface area contributed by atoms with E-state index in [2.05, 4.69) is 158 Å². The predicted molar refractivity (Wildman–Crippen MR) is 155 cm³/mol. The summed E-state index contributed by atoms with van der Waals surface area (Å²) in [7, 11) is 0. The molecule has 0 atom stereocenters. The fourth-order valence-electron chi connectivity index (χ4n) is 6.21. The van der Waals surface area contributed by atoms with Gasteiger partial charge in [-0.1, -0.05) is 152 Å². The summed E-state index contributed by atoms with van der Waals surface area (Å²) in [5.74, 6) is 0. The minimum Gasteiger partial charge on any atom is -0.0622 e. The molecule has 0 saturated carbocycles. The molecular formula is C37H26. The second-order valence-electron chi connectivity index (χ2n) is 9.70. The van der Waals surface area contributed by atoms with Crippen molar-refractivity contribution in [2.45, 2.75) is 5.41 Å². The first-order valence-electron chi connectivity index (χ1n) is 12.9. The molecule has 1 aliphatic rings. The number of benzene rings is 6. The Morgan fingerprint density at radius 2 is 0.865 bits per heavy atom. The molecular weight excluding hydrogens is 444 g/mol. The highest BCUT2D eigenvalue weighted by Gasteiger charge is 2.47. The Morgan fingerprint density at radius 3 is 1.46 bits per heavy atom. The molecule has 0 amide bonds. The molecule has 0 aromatic heterocycles. The lowest BCUT2D eigenvalue weighted by Crippen LogP contribution is -2.28. The first-order valence-corrected chi connectivity index (χ1v) is 12.9. The Balaban J connectivity index is 1.63. The van der Waals surface area contributed by atoms with E-state index >= 15 is 0 Å². The van der Waals surface area contributed by atoms with E-state index in [4.69, 9.17) is 0 Å². The number of hydrogen-bond donors (Lipinski definition) is 0. The third-order valence-corrected chi connectivity index (χ3v) is 7.77. The molecule has 0 saturated heterocycles. The van der Waals surface area contributed by atoms with Crippen LogP contribution in [0.3, 0.4) is 0 Å². The van der Waals surface area contributed by atoms with Crippen molar-refractivity contribution in [3.8, 4) is 33.4 Å². The molecule has 0 spiro atoms. The second kappa shape index (κ2) is 8.76. The highest BCUT2D eigenvalue weighted by atomic mass is 14.5. The standard InChI is InChI=1S/C37H26/c1-5-14-27(15-6-1)29-24-25-33-35(26-29)37(30-18-9-3-10-19-30,31-20-11-4-12-21-31)34-23-13-22-32(36(33)34)28-16-7-2-8-17-28/h1-26H. The summed E-state index contributed by atoms with van der Waals surface area (Å²) in [5, 5.41) is 0. The van der Waals surface area contributed by atoms with E-state index < -0.39 is 5.41 Å². The third-order valence-electron chi connectivity index (χ3n) is 7.77. The molecule has 174 valence electrons. The molecule has 0 nitrogen and oxygen atoms in total. The average Bonchev–Trinajstić information content (AvgIpc) is 3.29. The zero-order valence-corrected chi connectivity index (χ0v) is 20.5. The van der Waals surface area contributed by atoms with Crippen molar-refractivity contribution in [3.05, 3.63) is 180 Å². The highest BCUT2D eigenvalue weighted by Crippen LogP contribution is 2.58. The van der Waals surface area contributed by atoms with E-state index in [1.54, 1.807) is 0 Å². The van der Waals surface area contributed by atoms with Gasteiger partial charge in [-0.05, 0) is 61.7 Å². The van der Waals surface area contributed by atoms with E-state index in [9.17, 15) is 0 Å². The van der Waals surface area contributed by atoms with Crippen LogP contribution in [0.1, 0.15) is 22.3 Å². The van der Waals surface area contributed by atoms with Crippen molar-refractivity contribution in [2.75, 3.05) is 0 Å². The maximum Gasteiger partial charge on any atom is 0.0714 e. The van der Waals surface area contributed by atoms with Gasteiger partial charge in [-0.3, -0.25) is 0 Å². The van der Waals surface area contributed by atoms with Crippen molar-refractivity contribution in [3.63, 3.8) is 0 Å².